The molecule has 0 N–H and O–H groups in total. The van der Waals surface area contributed by atoms with E-state index in [-0.39, 0.29) is 17.9 Å². The molecule has 11 heteroatoms. The minimum absolute atomic E-state index is 0.0794. The van der Waals surface area contributed by atoms with Crippen LogP contribution in [-0.2, 0) is 9.53 Å². The predicted molar refractivity (Wildman–Crippen MR) is 145 cm³/mol. The van der Waals surface area contributed by atoms with E-state index < -0.39 is 16.9 Å². The first-order chi connectivity index (χ1) is 18.3. The summed E-state index contributed by atoms with van der Waals surface area (Å²) in [5.41, 5.74) is 1.41. The molecule has 5 rings (SSSR count). The zero-order valence-corrected chi connectivity index (χ0v) is 22.6. The lowest BCUT2D eigenvalue weighted by molar-refractivity contribution is -0.384. The third-order valence-electron chi connectivity index (χ3n) is 5.97. The van der Waals surface area contributed by atoms with E-state index in [4.69, 9.17) is 9.15 Å². The van der Waals surface area contributed by atoms with E-state index in [1.165, 1.54) is 22.0 Å². The van der Waals surface area contributed by atoms with Crippen LogP contribution < -0.4 is 14.9 Å². The summed E-state index contributed by atoms with van der Waals surface area (Å²) < 4.78 is 13.9. The molecule has 0 radical (unpaired) electrons. The number of nitro benzene ring substituents is 1. The van der Waals surface area contributed by atoms with Crippen molar-refractivity contribution >= 4 is 45.0 Å². The third-order valence-corrected chi connectivity index (χ3v) is 7.48. The maximum atomic E-state index is 13.7. The summed E-state index contributed by atoms with van der Waals surface area (Å²) in [6.07, 6.45) is 1.57. The normalized spacial score (nSPS) is 15.2. The molecule has 2 aromatic heterocycles. The molecule has 3 heterocycles. The van der Waals surface area contributed by atoms with Crippen LogP contribution in [0.25, 0.3) is 17.4 Å². The van der Waals surface area contributed by atoms with Gasteiger partial charge in [-0.2, -0.15) is 0 Å². The second-order valence-electron chi connectivity index (χ2n) is 8.33. The molecule has 1 atom stereocenters. The van der Waals surface area contributed by atoms with Gasteiger partial charge in [-0.15, -0.1) is 0 Å². The number of nitro groups is 1. The highest BCUT2D eigenvalue weighted by atomic mass is 79.9. The van der Waals surface area contributed by atoms with Crippen LogP contribution in [0.4, 0.5) is 5.69 Å². The van der Waals surface area contributed by atoms with Crippen molar-refractivity contribution in [1.82, 2.24) is 4.57 Å². The van der Waals surface area contributed by atoms with Crippen LogP contribution in [-0.4, -0.2) is 22.1 Å². The Labute approximate surface area is 228 Å². The minimum atomic E-state index is -0.723. The number of hydrogen-bond acceptors (Lipinski definition) is 8. The van der Waals surface area contributed by atoms with E-state index in [2.05, 4.69) is 20.9 Å². The summed E-state index contributed by atoms with van der Waals surface area (Å²) >= 11 is 4.59. The van der Waals surface area contributed by atoms with E-state index in [0.717, 1.165) is 10.0 Å². The van der Waals surface area contributed by atoms with Crippen LogP contribution in [0.5, 0.6) is 0 Å². The second kappa shape index (κ2) is 10.3. The van der Waals surface area contributed by atoms with Crippen LogP contribution >= 0.6 is 27.3 Å². The number of fused-ring (bicyclic) bond motifs is 1. The molecular formula is C27H20BrN3O6S. The summed E-state index contributed by atoms with van der Waals surface area (Å²) in [6, 6.07) is 16.2. The lowest BCUT2D eigenvalue weighted by atomic mass is 9.96. The van der Waals surface area contributed by atoms with Gasteiger partial charge in [0.05, 0.1) is 38.9 Å². The number of carbonyl (C=O) groups excluding carboxylic acids is 1. The Balaban J connectivity index is 1.64. The first-order valence-corrected chi connectivity index (χ1v) is 13.2. The largest absolute Gasteiger partial charge is 0.463 e. The number of ether oxygens (including phenoxy) is 1. The Kier molecular flexibility index (Phi) is 6.96. The van der Waals surface area contributed by atoms with Crippen LogP contribution in [0.1, 0.15) is 31.2 Å². The fraction of sp³-hybridized carbons (Fsp3) is 0.148. The highest BCUT2D eigenvalue weighted by Crippen LogP contribution is 2.32. The van der Waals surface area contributed by atoms with Gasteiger partial charge in [-0.05, 0) is 49.7 Å². The van der Waals surface area contributed by atoms with Gasteiger partial charge < -0.3 is 9.15 Å². The quantitative estimate of drug-likeness (QED) is 0.181. The minimum Gasteiger partial charge on any atom is -0.463 e. The van der Waals surface area contributed by atoms with Gasteiger partial charge in [-0.3, -0.25) is 19.5 Å². The van der Waals surface area contributed by atoms with Crippen LogP contribution in [0.3, 0.4) is 0 Å². The molecule has 0 bridgehead atoms. The molecule has 0 saturated heterocycles. The van der Waals surface area contributed by atoms with Crippen molar-refractivity contribution in [1.29, 1.82) is 0 Å². The fourth-order valence-electron chi connectivity index (χ4n) is 4.30. The van der Waals surface area contributed by atoms with Crippen molar-refractivity contribution in [3.63, 3.8) is 0 Å². The fourth-order valence-corrected chi connectivity index (χ4v) is 5.59. The Bertz CT molecular complexity index is 1780. The molecule has 0 spiro atoms. The number of furan rings is 1. The number of thiazole rings is 1. The number of nitrogens with zero attached hydrogens (tertiary/aromatic N) is 3. The van der Waals surface area contributed by atoms with E-state index in [1.807, 2.05) is 24.3 Å². The monoisotopic (exact) mass is 593 g/mol. The molecule has 0 aliphatic carbocycles. The van der Waals surface area contributed by atoms with Gasteiger partial charge >= 0.3 is 5.97 Å². The molecule has 0 amide bonds. The van der Waals surface area contributed by atoms with Crippen LogP contribution in [0.2, 0.25) is 0 Å². The molecule has 38 heavy (non-hydrogen) atoms. The highest BCUT2D eigenvalue weighted by molar-refractivity contribution is 9.10. The smallest absolute Gasteiger partial charge is 0.338 e. The Morgan fingerprint density at radius 2 is 1.95 bits per heavy atom. The first-order valence-electron chi connectivity index (χ1n) is 11.6. The maximum absolute atomic E-state index is 13.7. The number of allylic oxidation sites excluding steroid dienone is 1. The summed E-state index contributed by atoms with van der Waals surface area (Å²) in [5.74, 6) is 0.130. The van der Waals surface area contributed by atoms with E-state index in [1.54, 1.807) is 50.3 Å². The first kappa shape index (κ1) is 25.6. The summed E-state index contributed by atoms with van der Waals surface area (Å²) in [6.45, 7) is 3.63. The van der Waals surface area contributed by atoms with E-state index in [9.17, 15) is 19.7 Å². The number of rotatable bonds is 6. The van der Waals surface area contributed by atoms with Gasteiger partial charge in [-0.1, -0.05) is 51.5 Å². The number of hydrogen-bond donors (Lipinski definition) is 0. The number of aromatic nitrogens is 1. The van der Waals surface area contributed by atoms with Crippen molar-refractivity contribution in [3.05, 3.63) is 118 Å². The lowest BCUT2D eigenvalue weighted by Crippen LogP contribution is -2.39. The predicted octanol–water partition coefficient (Wildman–Crippen LogP) is 4.73. The average molecular weight is 594 g/mol. The lowest BCUT2D eigenvalue weighted by Gasteiger charge is -2.24. The third kappa shape index (κ3) is 4.66. The topological polar surface area (TPSA) is 117 Å². The standard InChI is InChI=1S/C27H20BrN3O6S/c1-3-36-26(33)23-15(2)29-27-30(24(23)16-8-10-17(28)11-9-16)25(32)22(38-27)14-18-12-13-21(37-18)19-6-4-5-7-20(19)31(34)35/h4-14,24H,3H2,1-2H3/b22-14-/t24-/m1/s1. The van der Waals surface area contributed by atoms with Gasteiger partial charge in [0.15, 0.2) is 4.80 Å². The van der Waals surface area contributed by atoms with Crippen molar-refractivity contribution in [2.24, 2.45) is 4.99 Å². The van der Waals surface area contributed by atoms with Crippen molar-refractivity contribution in [2.45, 2.75) is 19.9 Å². The Morgan fingerprint density at radius 1 is 1.21 bits per heavy atom. The van der Waals surface area contributed by atoms with Crippen molar-refractivity contribution in [2.75, 3.05) is 6.61 Å². The van der Waals surface area contributed by atoms with Gasteiger partial charge in [0.25, 0.3) is 11.2 Å². The molecule has 0 fully saturated rings. The van der Waals surface area contributed by atoms with Gasteiger partial charge in [0, 0.05) is 16.6 Å². The summed E-state index contributed by atoms with van der Waals surface area (Å²) in [7, 11) is 0. The van der Waals surface area contributed by atoms with Gasteiger partial charge in [-0.25, -0.2) is 9.79 Å². The number of halogens is 1. The molecular weight excluding hydrogens is 574 g/mol. The maximum Gasteiger partial charge on any atom is 0.338 e. The Hall–Kier alpha value is -4.09. The molecule has 4 aromatic rings. The average Bonchev–Trinajstić information content (AvgIpc) is 3.48. The molecule has 0 unspecified atom stereocenters. The van der Waals surface area contributed by atoms with E-state index >= 15 is 0 Å². The SMILES string of the molecule is CCOC(=O)C1=C(C)N=c2s/c(=C\c3ccc(-c4ccccc4[N+](=O)[O-])o3)c(=O)n2[C@@H]1c1ccc(Br)cc1. The summed E-state index contributed by atoms with van der Waals surface area (Å²) in [4.78, 5) is 42.6. The van der Waals surface area contributed by atoms with Gasteiger partial charge in [0.1, 0.15) is 11.5 Å². The number of benzene rings is 2. The molecule has 192 valence electrons. The summed E-state index contributed by atoms with van der Waals surface area (Å²) in [5, 5.41) is 11.4. The molecule has 2 aromatic carbocycles. The molecule has 1 aliphatic rings. The molecule has 9 nitrogen and oxygen atoms in total. The number of para-hydroxylation sites is 1. The Morgan fingerprint density at radius 3 is 2.66 bits per heavy atom. The van der Waals surface area contributed by atoms with Crippen LogP contribution in [0.15, 0.2) is 90.6 Å². The zero-order chi connectivity index (χ0) is 27.0. The van der Waals surface area contributed by atoms with Crippen LogP contribution in [0, 0.1) is 10.1 Å². The highest BCUT2D eigenvalue weighted by Gasteiger charge is 2.33. The van der Waals surface area contributed by atoms with E-state index in [0.29, 0.717) is 37.7 Å². The molecule has 0 saturated carbocycles. The van der Waals surface area contributed by atoms with Crippen molar-refractivity contribution < 1.29 is 18.9 Å². The second-order valence-corrected chi connectivity index (χ2v) is 10.3. The number of carbonyl (C=O) groups is 1. The zero-order valence-electron chi connectivity index (χ0n) is 20.2. The number of esters is 1. The van der Waals surface area contributed by atoms with Crippen molar-refractivity contribution in [3.8, 4) is 11.3 Å². The van der Waals surface area contributed by atoms with Gasteiger partial charge in [0.2, 0.25) is 0 Å². The molecule has 1 aliphatic heterocycles.